The molecule has 4 aliphatic rings. The lowest BCUT2D eigenvalue weighted by atomic mass is 9.50. The van der Waals surface area contributed by atoms with Crippen LogP contribution in [-0.2, 0) is 19.1 Å². The Hall–Kier alpha value is -1.14. The first-order valence-corrected chi connectivity index (χ1v) is 10.4. The zero-order chi connectivity index (χ0) is 21.2. The fourth-order valence-electron chi connectivity index (χ4n) is 6.85. The molecule has 2 atom stereocenters. The van der Waals surface area contributed by atoms with Gasteiger partial charge in [0.2, 0.25) is 0 Å². The van der Waals surface area contributed by atoms with E-state index in [1.54, 1.807) is 0 Å². The largest absolute Gasteiger partial charge is 0.456 e. The average molecular weight is 397 g/mol. The fourth-order valence-corrected chi connectivity index (χ4v) is 6.85. The topological polar surface area (TPSA) is 93.1 Å². The molecule has 28 heavy (non-hydrogen) atoms. The molecule has 0 aromatic carbocycles. The molecule has 0 aromatic heterocycles. The van der Waals surface area contributed by atoms with Gasteiger partial charge in [-0.1, -0.05) is 41.5 Å². The Balaban J connectivity index is 1.63. The molecule has 2 unspecified atom stereocenters. The number of carbonyl (C=O) groups is 2. The van der Waals surface area contributed by atoms with Crippen LogP contribution in [0.5, 0.6) is 0 Å². The van der Waals surface area contributed by atoms with Crippen molar-refractivity contribution in [2.24, 2.45) is 22.7 Å². The summed E-state index contributed by atoms with van der Waals surface area (Å²) in [7, 11) is 0. The summed E-state index contributed by atoms with van der Waals surface area (Å²) in [6.07, 6.45) is 3.02. The van der Waals surface area contributed by atoms with Crippen molar-refractivity contribution in [2.45, 2.75) is 96.9 Å². The fraction of sp³-hybridized carbons (Fsp3) is 0.909. The molecule has 0 amide bonds. The number of hydrogen-bond acceptors (Lipinski definition) is 6. The molecule has 4 aliphatic carbocycles. The molecule has 160 valence electrons. The monoisotopic (exact) mass is 396 g/mol. The van der Waals surface area contributed by atoms with E-state index in [1.165, 1.54) is 0 Å². The molecule has 0 heterocycles. The Morgan fingerprint density at radius 3 is 1.86 bits per heavy atom. The maximum atomic E-state index is 12.7. The summed E-state index contributed by atoms with van der Waals surface area (Å²) in [5.74, 6) is -1.22. The van der Waals surface area contributed by atoms with Crippen molar-refractivity contribution in [3.63, 3.8) is 0 Å². The molecule has 0 aliphatic heterocycles. The lowest BCUT2D eigenvalue weighted by Gasteiger charge is -2.62. The highest BCUT2D eigenvalue weighted by molar-refractivity contribution is 5.79. The molecule has 0 radical (unpaired) electrons. The Labute approximate surface area is 168 Å². The standard InChI is InChI=1S/C22H36O6/c1-18(2,3)16(19(4,5)6)17(24)27-10-15(23)28-22-9-14-7-20(25,12-22)11-21(26,8-14)13-22/h14,16,25-26H,7-13H2,1-6H3. The van der Waals surface area contributed by atoms with Crippen molar-refractivity contribution in [3.8, 4) is 0 Å². The molecule has 2 N–H and O–H groups in total. The predicted octanol–water partition coefficient (Wildman–Crippen LogP) is 2.98. The Morgan fingerprint density at radius 2 is 1.43 bits per heavy atom. The van der Waals surface area contributed by atoms with Crippen molar-refractivity contribution in [2.75, 3.05) is 6.61 Å². The van der Waals surface area contributed by atoms with Gasteiger partial charge in [0, 0.05) is 19.3 Å². The second-order valence-electron chi connectivity index (χ2n) is 11.9. The number of ether oxygens (including phenoxy) is 2. The van der Waals surface area contributed by atoms with Crippen LogP contribution in [0, 0.1) is 22.7 Å². The van der Waals surface area contributed by atoms with Crippen LogP contribution in [0.2, 0.25) is 0 Å². The van der Waals surface area contributed by atoms with E-state index in [0.717, 1.165) is 0 Å². The summed E-state index contributed by atoms with van der Waals surface area (Å²) in [5, 5.41) is 21.6. The minimum Gasteiger partial charge on any atom is -0.456 e. The Morgan fingerprint density at radius 1 is 0.929 bits per heavy atom. The van der Waals surface area contributed by atoms with Crippen LogP contribution >= 0.6 is 0 Å². The van der Waals surface area contributed by atoms with E-state index in [9.17, 15) is 19.8 Å². The Kier molecular flexibility index (Phi) is 4.95. The van der Waals surface area contributed by atoms with Crippen LogP contribution < -0.4 is 0 Å². The highest BCUT2D eigenvalue weighted by Gasteiger charge is 2.64. The molecule has 4 rings (SSSR count). The van der Waals surface area contributed by atoms with Crippen LogP contribution in [0.4, 0.5) is 0 Å². The first kappa shape index (κ1) is 21.6. The third-order valence-electron chi connectivity index (χ3n) is 6.59. The van der Waals surface area contributed by atoms with Crippen LogP contribution in [0.3, 0.4) is 0 Å². The third-order valence-corrected chi connectivity index (χ3v) is 6.59. The summed E-state index contributed by atoms with van der Waals surface area (Å²) >= 11 is 0. The van der Waals surface area contributed by atoms with Gasteiger partial charge in [0.15, 0.2) is 6.61 Å². The van der Waals surface area contributed by atoms with Crippen LogP contribution in [0.15, 0.2) is 0 Å². The quantitative estimate of drug-likeness (QED) is 0.710. The number of esters is 2. The number of carbonyl (C=O) groups excluding carboxylic acids is 2. The number of hydrogen-bond donors (Lipinski definition) is 2. The van der Waals surface area contributed by atoms with Gasteiger partial charge in [-0.2, -0.15) is 0 Å². The van der Waals surface area contributed by atoms with Crippen LogP contribution in [0.1, 0.15) is 80.1 Å². The van der Waals surface area contributed by atoms with Gasteiger partial charge in [0.1, 0.15) is 5.60 Å². The maximum Gasteiger partial charge on any atom is 0.344 e. The van der Waals surface area contributed by atoms with E-state index in [0.29, 0.717) is 38.5 Å². The molecule has 0 saturated heterocycles. The summed E-state index contributed by atoms with van der Waals surface area (Å²) in [5.41, 5.74) is -3.37. The molecule has 4 bridgehead atoms. The van der Waals surface area contributed by atoms with Gasteiger partial charge in [-0.25, -0.2) is 4.79 Å². The summed E-state index contributed by atoms with van der Waals surface area (Å²) in [4.78, 5) is 25.2. The maximum absolute atomic E-state index is 12.7. The van der Waals surface area contributed by atoms with Crippen molar-refractivity contribution in [1.29, 1.82) is 0 Å². The van der Waals surface area contributed by atoms with Gasteiger partial charge in [0.25, 0.3) is 0 Å². The lowest BCUT2D eigenvalue weighted by Crippen LogP contribution is -2.67. The third kappa shape index (κ3) is 4.23. The van der Waals surface area contributed by atoms with Crippen LogP contribution in [0.25, 0.3) is 0 Å². The van der Waals surface area contributed by atoms with E-state index in [2.05, 4.69) is 0 Å². The molecular weight excluding hydrogens is 360 g/mol. The lowest BCUT2D eigenvalue weighted by molar-refractivity contribution is -0.262. The van der Waals surface area contributed by atoms with Gasteiger partial charge in [-0.3, -0.25) is 4.79 Å². The van der Waals surface area contributed by atoms with E-state index in [4.69, 9.17) is 9.47 Å². The van der Waals surface area contributed by atoms with Crippen molar-refractivity contribution >= 4 is 11.9 Å². The van der Waals surface area contributed by atoms with Crippen molar-refractivity contribution in [3.05, 3.63) is 0 Å². The Bertz CT molecular complexity index is 623. The van der Waals surface area contributed by atoms with Gasteiger partial charge in [-0.05, 0) is 36.0 Å². The van der Waals surface area contributed by atoms with E-state index in [-0.39, 0.29) is 22.7 Å². The summed E-state index contributed by atoms with van der Waals surface area (Å²) in [6.45, 7) is 11.5. The molecule has 6 nitrogen and oxygen atoms in total. The molecule has 4 saturated carbocycles. The van der Waals surface area contributed by atoms with E-state index < -0.39 is 35.3 Å². The molecular formula is C22H36O6. The molecule has 0 aromatic rings. The molecule has 6 heteroatoms. The average Bonchev–Trinajstić information content (AvgIpc) is 2.36. The number of rotatable bonds is 4. The highest BCUT2D eigenvalue weighted by atomic mass is 16.6. The predicted molar refractivity (Wildman–Crippen MR) is 103 cm³/mol. The summed E-state index contributed by atoms with van der Waals surface area (Å²) < 4.78 is 11.1. The van der Waals surface area contributed by atoms with Crippen molar-refractivity contribution in [1.82, 2.24) is 0 Å². The molecule has 4 fully saturated rings. The molecule has 0 spiro atoms. The first-order valence-electron chi connectivity index (χ1n) is 10.4. The second-order valence-corrected chi connectivity index (χ2v) is 11.9. The zero-order valence-corrected chi connectivity index (χ0v) is 18.1. The summed E-state index contributed by atoms with van der Waals surface area (Å²) in [6, 6.07) is 0. The first-order chi connectivity index (χ1) is 12.6. The number of aliphatic hydroxyl groups is 2. The zero-order valence-electron chi connectivity index (χ0n) is 18.1. The van der Waals surface area contributed by atoms with Gasteiger partial charge >= 0.3 is 11.9 Å². The van der Waals surface area contributed by atoms with E-state index >= 15 is 0 Å². The van der Waals surface area contributed by atoms with Gasteiger partial charge < -0.3 is 19.7 Å². The smallest absolute Gasteiger partial charge is 0.344 e. The highest BCUT2D eigenvalue weighted by Crippen LogP contribution is 2.60. The van der Waals surface area contributed by atoms with Crippen molar-refractivity contribution < 1.29 is 29.3 Å². The normalized spacial score (nSPS) is 37.2. The van der Waals surface area contributed by atoms with Gasteiger partial charge in [0.05, 0.1) is 17.1 Å². The minimum absolute atomic E-state index is 0.160. The SMILES string of the molecule is CC(C)(C)C(C(=O)OCC(=O)OC12CC3CC(O)(CC(O)(C3)C1)C2)C(C)(C)C. The van der Waals surface area contributed by atoms with Crippen LogP contribution in [-0.4, -0.2) is 45.6 Å². The minimum atomic E-state index is -0.964. The van der Waals surface area contributed by atoms with E-state index in [1.807, 2.05) is 41.5 Å². The second kappa shape index (κ2) is 6.43. The van der Waals surface area contributed by atoms with Gasteiger partial charge in [-0.15, -0.1) is 0 Å².